The van der Waals surface area contributed by atoms with Crippen molar-refractivity contribution in [2.75, 3.05) is 6.61 Å². The molecule has 0 aliphatic rings. The molecule has 9 nitrogen and oxygen atoms in total. The van der Waals surface area contributed by atoms with E-state index in [2.05, 4.69) is 0 Å². The monoisotopic (exact) mass is 222 g/mol. The van der Waals surface area contributed by atoms with Gasteiger partial charge in [0.1, 0.15) is 24.4 Å². The minimum Gasteiger partial charge on any atom is -0.394 e. The van der Waals surface area contributed by atoms with Crippen LogP contribution in [0.15, 0.2) is 0 Å². The number of aliphatic hydroxyl groups excluding tert-OH is 5. The zero-order chi connectivity index (χ0) is 12.4. The van der Waals surface area contributed by atoms with Crippen LogP contribution in [-0.2, 0) is 4.79 Å². The minimum absolute atomic E-state index is 0.0258. The first kappa shape index (κ1) is 16.2. The van der Waals surface area contributed by atoms with Crippen molar-refractivity contribution in [1.29, 1.82) is 0 Å². The largest absolute Gasteiger partial charge is 0.394 e. The van der Waals surface area contributed by atoms with Gasteiger partial charge in [-0.15, -0.1) is 0 Å². The molecular weight excluding hydrogens is 210 g/mol. The molecule has 0 radical (unpaired) electrons. The molecule has 0 aromatic carbocycles. The maximum Gasteiger partial charge on any atom is 0.151 e. The lowest BCUT2D eigenvalue weighted by atomic mass is 10.0. The summed E-state index contributed by atoms with van der Waals surface area (Å²) < 4.78 is 0. The fourth-order valence-electron chi connectivity index (χ4n) is 0.618. The van der Waals surface area contributed by atoms with E-state index in [1.54, 1.807) is 0 Å². The zero-order valence-electron chi connectivity index (χ0n) is 7.58. The second-order valence-corrected chi connectivity index (χ2v) is 2.45. The second-order valence-electron chi connectivity index (χ2n) is 2.45. The average Bonchev–Trinajstić information content (AvgIpc) is 2.25. The van der Waals surface area contributed by atoms with Gasteiger partial charge >= 0.3 is 0 Å². The van der Waals surface area contributed by atoms with E-state index in [1.807, 2.05) is 0 Å². The van der Waals surface area contributed by atoms with Crippen molar-refractivity contribution < 1.29 is 30.3 Å². The summed E-state index contributed by atoms with van der Waals surface area (Å²) in [7, 11) is 0. The van der Waals surface area contributed by atoms with Crippen molar-refractivity contribution in [3.8, 4) is 0 Å². The molecule has 0 heterocycles. The molecule has 0 bridgehead atoms. The molecule has 5 N–H and O–H groups in total. The van der Waals surface area contributed by atoms with E-state index >= 15 is 0 Å². The molecule has 0 spiro atoms. The van der Waals surface area contributed by atoms with Crippen LogP contribution in [0, 0.1) is 0 Å². The molecule has 0 saturated carbocycles. The van der Waals surface area contributed by atoms with Crippen LogP contribution >= 0.6 is 0 Å². The van der Waals surface area contributed by atoms with Crippen molar-refractivity contribution in [2.45, 2.75) is 24.4 Å². The molecule has 9 heteroatoms. The number of aliphatic hydroxyl groups is 5. The Morgan fingerprint density at radius 1 is 1.13 bits per heavy atom. The fraction of sp³-hybridized carbons (Fsp3) is 0.833. The Hall–Kier alpha value is -1.22. The molecule has 0 saturated heterocycles. The van der Waals surface area contributed by atoms with Crippen LogP contribution in [0.25, 0.3) is 16.0 Å². The van der Waals surface area contributed by atoms with E-state index in [4.69, 9.17) is 36.6 Å². The van der Waals surface area contributed by atoms with E-state index in [9.17, 15) is 4.79 Å². The van der Waals surface area contributed by atoms with Gasteiger partial charge in [-0.2, -0.15) is 0 Å². The van der Waals surface area contributed by atoms with Gasteiger partial charge in [0.15, 0.2) is 6.29 Å². The van der Waals surface area contributed by atoms with Gasteiger partial charge in [-0.1, -0.05) is 0 Å². The van der Waals surface area contributed by atoms with Crippen molar-refractivity contribution in [3.63, 3.8) is 0 Å². The summed E-state index contributed by atoms with van der Waals surface area (Å²) in [6.45, 7) is -0.760. The Labute approximate surface area is 84.6 Å². The smallest absolute Gasteiger partial charge is 0.151 e. The molecule has 0 aromatic heterocycles. The summed E-state index contributed by atoms with van der Waals surface area (Å²) in [6, 6.07) is 0. The van der Waals surface area contributed by atoms with E-state index in [-0.39, 0.29) is 6.29 Å². The molecule has 88 valence electrons. The highest BCUT2D eigenvalue weighted by Crippen LogP contribution is 2.02. The lowest BCUT2D eigenvalue weighted by Crippen LogP contribution is -2.46. The van der Waals surface area contributed by atoms with E-state index in [1.165, 1.54) is 4.91 Å². The predicted octanol–water partition coefficient (Wildman–Crippen LogP) is -2.51. The highest BCUT2D eigenvalue weighted by molar-refractivity contribution is 5.56. The number of carbonyl (C=O) groups is 1. The van der Waals surface area contributed by atoms with Crippen molar-refractivity contribution in [3.05, 3.63) is 16.0 Å². The van der Waals surface area contributed by atoms with Crippen LogP contribution in [0.2, 0.25) is 0 Å². The highest BCUT2D eigenvalue weighted by Gasteiger charge is 2.29. The standard InChI is InChI=1S/C6H12O6.N3/c7-1-3(9)5(11)6(12)4(10)2-8;1-3-2/h1,3-6,8-12H,2H2;/q;-1/t3-,4+,5-,6-;/m0./s1. The molecular formula is C6H12N3O6-. The zero-order valence-corrected chi connectivity index (χ0v) is 7.58. The third-order valence-electron chi connectivity index (χ3n) is 1.42. The Morgan fingerprint density at radius 3 is 1.80 bits per heavy atom. The Balaban J connectivity index is 0. The van der Waals surface area contributed by atoms with Gasteiger partial charge in [0.05, 0.1) is 6.61 Å². The molecule has 0 aliphatic carbocycles. The Morgan fingerprint density at radius 2 is 1.53 bits per heavy atom. The van der Waals surface area contributed by atoms with Crippen LogP contribution in [0.1, 0.15) is 0 Å². The quantitative estimate of drug-likeness (QED) is 0.148. The highest BCUT2D eigenvalue weighted by atomic mass is 16.4. The summed E-state index contributed by atoms with van der Waals surface area (Å²) in [5.41, 5.74) is 13.5. The number of hydrogen-bond acceptors (Lipinski definition) is 6. The van der Waals surface area contributed by atoms with E-state index < -0.39 is 31.0 Å². The lowest BCUT2D eigenvalue weighted by Gasteiger charge is -2.22. The predicted molar refractivity (Wildman–Crippen MR) is 47.3 cm³/mol. The molecule has 4 atom stereocenters. The van der Waals surface area contributed by atoms with E-state index in [0.717, 1.165) is 0 Å². The van der Waals surface area contributed by atoms with Gasteiger partial charge in [0.2, 0.25) is 0 Å². The lowest BCUT2D eigenvalue weighted by molar-refractivity contribution is -0.136. The Bertz CT molecular complexity index is 207. The van der Waals surface area contributed by atoms with Gasteiger partial charge in [-0.3, -0.25) is 4.91 Å². The molecule has 15 heavy (non-hydrogen) atoms. The van der Waals surface area contributed by atoms with Gasteiger partial charge in [0.25, 0.3) is 0 Å². The summed E-state index contributed by atoms with van der Waals surface area (Å²) in [4.78, 5) is 11.4. The van der Waals surface area contributed by atoms with Crippen molar-refractivity contribution >= 4 is 6.29 Å². The maximum absolute atomic E-state index is 9.90. The summed E-state index contributed by atoms with van der Waals surface area (Å²) in [5, 5.41) is 43.5. The molecule has 0 aliphatic heterocycles. The van der Waals surface area contributed by atoms with Crippen LogP contribution in [0.5, 0.6) is 0 Å². The Kier molecular flexibility index (Phi) is 10.1. The van der Waals surface area contributed by atoms with Crippen LogP contribution in [-0.4, -0.2) is 62.8 Å². The van der Waals surface area contributed by atoms with Crippen molar-refractivity contribution in [1.82, 2.24) is 0 Å². The molecule has 0 rings (SSSR count). The van der Waals surface area contributed by atoms with Crippen LogP contribution < -0.4 is 0 Å². The van der Waals surface area contributed by atoms with E-state index in [0.29, 0.717) is 0 Å². The van der Waals surface area contributed by atoms with Crippen LogP contribution in [0.4, 0.5) is 0 Å². The number of aldehydes is 1. The van der Waals surface area contributed by atoms with Gasteiger partial charge < -0.3 is 41.4 Å². The topological polar surface area (TPSA) is 177 Å². The molecule has 0 aromatic rings. The summed E-state index contributed by atoms with van der Waals surface area (Å²) in [6.07, 6.45) is -6.84. The maximum atomic E-state index is 9.90. The first-order valence-electron chi connectivity index (χ1n) is 3.73. The number of hydrogen-bond donors (Lipinski definition) is 5. The van der Waals surface area contributed by atoms with Gasteiger partial charge in [0, 0.05) is 0 Å². The fourth-order valence-corrected chi connectivity index (χ4v) is 0.618. The first-order valence-corrected chi connectivity index (χ1v) is 3.73. The SMILES string of the molecule is O=C[C@H](O)[C@H](O)[C@@H](O)[C@H](O)CO.[N-]=[N+]=[N-]. The normalized spacial score (nSPS) is 17.4. The minimum atomic E-state index is -1.79. The summed E-state index contributed by atoms with van der Waals surface area (Å²) in [5.74, 6) is 0. The van der Waals surface area contributed by atoms with Gasteiger partial charge in [-0.25, -0.2) is 0 Å². The third-order valence-corrected chi connectivity index (χ3v) is 1.42. The third kappa shape index (κ3) is 6.80. The number of rotatable bonds is 5. The molecule has 0 unspecified atom stereocenters. The molecule has 0 fully saturated rings. The first-order chi connectivity index (χ1) is 6.95. The molecule has 0 amide bonds. The van der Waals surface area contributed by atoms with Gasteiger partial charge in [-0.05, 0) is 0 Å². The van der Waals surface area contributed by atoms with Crippen LogP contribution in [0.3, 0.4) is 0 Å². The second kappa shape index (κ2) is 9.34. The number of nitrogens with zero attached hydrogens (tertiary/aromatic N) is 3. The number of carbonyl (C=O) groups excluding carboxylic acids is 1. The average molecular weight is 222 g/mol. The summed E-state index contributed by atoms with van der Waals surface area (Å²) >= 11 is 0. The van der Waals surface area contributed by atoms with Crippen molar-refractivity contribution in [2.24, 2.45) is 0 Å².